The maximum absolute atomic E-state index is 14.6. The van der Waals surface area contributed by atoms with Gasteiger partial charge in [-0.1, -0.05) is 30.5 Å². The summed E-state index contributed by atoms with van der Waals surface area (Å²) < 4.78 is 86.0. The number of pyridine rings is 1. The van der Waals surface area contributed by atoms with Crippen molar-refractivity contribution in [3.8, 4) is 11.3 Å². The Morgan fingerprint density at radius 1 is 1.20 bits per heavy atom. The number of esters is 1. The number of benzene rings is 1. The van der Waals surface area contributed by atoms with Crippen LogP contribution in [0.15, 0.2) is 40.0 Å². The molecule has 0 radical (unpaired) electrons. The second-order valence-electron chi connectivity index (χ2n) is 10.3. The molecule has 41 heavy (non-hydrogen) atoms. The number of halogens is 5. The van der Waals surface area contributed by atoms with E-state index in [-0.39, 0.29) is 42.1 Å². The Labute approximate surface area is 232 Å². The molecule has 2 aromatic heterocycles. The van der Waals surface area contributed by atoms with Crippen LogP contribution in [0.25, 0.3) is 11.3 Å². The summed E-state index contributed by atoms with van der Waals surface area (Å²) in [5.74, 6) is -1.81. The van der Waals surface area contributed by atoms with Gasteiger partial charge in [0.05, 0.1) is 36.5 Å². The monoisotopic (exact) mass is 577 g/mol. The van der Waals surface area contributed by atoms with Crippen molar-refractivity contribution in [1.29, 1.82) is 0 Å². The molecule has 7 nitrogen and oxygen atoms in total. The molecule has 2 aliphatic carbocycles. The molecule has 5 rings (SSSR count). The van der Waals surface area contributed by atoms with Gasteiger partial charge in [-0.05, 0) is 43.4 Å². The van der Waals surface area contributed by atoms with E-state index in [0.717, 1.165) is 57.5 Å². The minimum absolute atomic E-state index is 0.00599. The highest BCUT2D eigenvalue weighted by molar-refractivity contribution is 5.91. The molecule has 0 amide bonds. The first-order chi connectivity index (χ1) is 19.7. The molecule has 1 unspecified atom stereocenters. The number of hydrogen-bond acceptors (Lipinski definition) is 7. The minimum Gasteiger partial charge on any atom is -0.465 e. The van der Waals surface area contributed by atoms with Gasteiger partial charge in [-0.15, -0.1) is 0 Å². The molecular weight excluding hydrogens is 549 g/mol. The first-order valence-electron chi connectivity index (χ1n) is 13.4. The van der Waals surface area contributed by atoms with Crippen molar-refractivity contribution in [1.82, 2.24) is 10.1 Å². The highest BCUT2D eigenvalue weighted by Gasteiger charge is 2.37. The molecule has 1 atom stereocenters. The second kappa shape index (κ2) is 12.1. The normalized spacial score (nSPS) is 16.6. The number of methoxy groups -OCH3 is 1. The van der Waals surface area contributed by atoms with Crippen molar-refractivity contribution in [2.75, 3.05) is 7.11 Å². The maximum atomic E-state index is 14.6. The fourth-order valence-corrected chi connectivity index (χ4v) is 4.87. The fraction of sp³-hybridized carbons (Fsp3) is 0.448. The summed E-state index contributed by atoms with van der Waals surface area (Å²) in [4.78, 5) is 19.7. The first kappa shape index (κ1) is 28.8. The number of carbonyl (C=O) groups is 1. The summed E-state index contributed by atoms with van der Waals surface area (Å²) in [6, 6.07) is 4.27. The Hall–Kier alpha value is -3.67. The number of aromatic nitrogens is 2. The van der Waals surface area contributed by atoms with E-state index < -0.39 is 34.9 Å². The van der Waals surface area contributed by atoms with Crippen LogP contribution in [0.5, 0.6) is 0 Å². The molecule has 2 fully saturated rings. The Balaban J connectivity index is 1.35. The van der Waals surface area contributed by atoms with Crippen LogP contribution in [0, 0.1) is 17.6 Å². The summed E-state index contributed by atoms with van der Waals surface area (Å²) in [6.45, 7) is -0.00599. The molecule has 2 heterocycles. The average Bonchev–Trinajstić information content (AvgIpc) is 3.68. The molecule has 3 aromatic rings. The van der Waals surface area contributed by atoms with Gasteiger partial charge in [0.15, 0.2) is 5.82 Å². The minimum atomic E-state index is -4.81. The van der Waals surface area contributed by atoms with Gasteiger partial charge in [-0.3, -0.25) is 0 Å². The molecule has 2 saturated carbocycles. The molecule has 218 valence electrons. The van der Waals surface area contributed by atoms with Crippen molar-refractivity contribution >= 4 is 18.0 Å². The van der Waals surface area contributed by atoms with E-state index >= 15 is 0 Å². The molecule has 0 N–H and O–H groups in total. The summed E-state index contributed by atoms with van der Waals surface area (Å²) >= 11 is 0. The van der Waals surface area contributed by atoms with Gasteiger partial charge in [-0.25, -0.2) is 23.6 Å². The van der Waals surface area contributed by atoms with Crippen molar-refractivity contribution in [2.45, 2.75) is 69.8 Å². The molecule has 0 spiro atoms. The largest absolute Gasteiger partial charge is 0.465 e. The lowest BCUT2D eigenvalue weighted by atomic mass is 9.81. The van der Waals surface area contributed by atoms with Crippen LogP contribution in [0.1, 0.15) is 78.1 Å². The molecule has 0 bridgehead atoms. The summed E-state index contributed by atoms with van der Waals surface area (Å²) in [6.07, 6.45) is 2.91. The number of nitrogens with zero attached hydrogens (tertiary/aromatic N) is 3. The zero-order chi connectivity index (χ0) is 29.1. The highest BCUT2D eigenvalue weighted by Crippen LogP contribution is 2.45. The quantitative estimate of drug-likeness (QED) is 0.133. The van der Waals surface area contributed by atoms with E-state index in [1.807, 2.05) is 0 Å². The third-order valence-electron chi connectivity index (χ3n) is 7.44. The average molecular weight is 578 g/mol. The Bertz CT molecular complexity index is 1410. The lowest BCUT2D eigenvalue weighted by Gasteiger charge is -2.29. The van der Waals surface area contributed by atoms with Crippen molar-refractivity contribution < 1.29 is 40.7 Å². The first-order valence-corrected chi connectivity index (χ1v) is 13.4. The van der Waals surface area contributed by atoms with Gasteiger partial charge in [0, 0.05) is 30.3 Å². The Morgan fingerprint density at radius 3 is 2.54 bits per heavy atom. The molecule has 1 aromatic carbocycles. The van der Waals surface area contributed by atoms with E-state index in [4.69, 9.17) is 9.26 Å². The molecule has 12 heteroatoms. The maximum Gasteiger partial charge on any atom is 0.417 e. The lowest BCUT2D eigenvalue weighted by Crippen LogP contribution is -2.22. The predicted octanol–water partition coefficient (Wildman–Crippen LogP) is 7.57. The second-order valence-corrected chi connectivity index (χ2v) is 10.3. The van der Waals surface area contributed by atoms with E-state index in [0.29, 0.717) is 29.7 Å². The zero-order valence-corrected chi connectivity index (χ0v) is 22.2. The zero-order valence-electron chi connectivity index (χ0n) is 22.2. The van der Waals surface area contributed by atoms with Crippen LogP contribution in [-0.2, 0) is 22.3 Å². The predicted molar refractivity (Wildman–Crippen MR) is 138 cm³/mol. The highest BCUT2D eigenvalue weighted by atomic mass is 19.4. The van der Waals surface area contributed by atoms with Gasteiger partial charge in [0.2, 0.25) is 0 Å². The number of rotatable bonds is 11. The Morgan fingerprint density at radius 2 is 1.93 bits per heavy atom. The van der Waals surface area contributed by atoms with Crippen LogP contribution in [0.4, 0.5) is 27.8 Å². The van der Waals surface area contributed by atoms with Crippen LogP contribution in [0.2, 0.25) is 0 Å². The lowest BCUT2D eigenvalue weighted by molar-refractivity contribution is -0.138. The van der Waals surface area contributed by atoms with Crippen LogP contribution >= 0.6 is 0 Å². The number of aliphatic imine (C=N–C) groups is 1. The van der Waals surface area contributed by atoms with E-state index in [2.05, 4.69) is 19.9 Å². The summed E-state index contributed by atoms with van der Waals surface area (Å²) in [5.41, 5.74) is -1.62. The number of alkyl halides is 3. The summed E-state index contributed by atoms with van der Waals surface area (Å²) in [7, 11) is 0.986. The third kappa shape index (κ3) is 6.64. The van der Waals surface area contributed by atoms with Crippen LogP contribution < -0.4 is 0 Å². The third-order valence-corrected chi connectivity index (χ3v) is 7.44. The number of hydrogen-bond donors (Lipinski definition) is 0. The van der Waals surface area contributed by atoms with Gasteiger partial charge in [0.25, 0.3) is 0 Å². The smallest absolute Gasteiger partial charge is 0.417 e. The van der Waals surface area contributed by atoms with Crippen LogP contribution in [-0.4, -0.2) is 35.5 Å². The topological polar surface area (TPSA) is 86.8 Å². The van der Waals surface area contributed by atoms with Crippen molar-refractivity contribution in [3.63, 3.8) is 0 Å². The van der Waals surface area contributed by atoms with Crippen molar-refractivity contribution in [2.24, 2.45) is 10.9 Å². The van der Waals surface area contributed by atoms with E-state index in [1.54, 1.807) is 0 Å². The van der Waals surface area contributed by atoms with Gasteiger partial charge in [-0.2, -0.15) is 13.2 Å². The molecule has 0 aliphatic heterocycles. The number of carbonyl (C=O) groups excluding carboxylic acids is 1. The van der Waals surface area contributed by atoms with Gasteiger partial charge < -0.3 is 14.0 Å². The standard InChI is InChI=1S/C29H28F5N3O4/c1-39-28(38)19-14-36-24(13-21(19)29(32,33)34)35-11-10-18(12-16-4-2-5-16)40-15-20-26(37-41-27(20)17-8-9-17)25-22(30)6-3-7-23(25)31/h3,6-7,11,13-14,16-18H,2,4-5,8-10,12,15H2,1H3/b35-11+. The number of ether oxygens (including phenoxy) is 2. The Kier molecular flexibility index (Phi) is 8.48. The van der Waals surface area contributed by atoms with Gasteiger partial charge in [0.1, 0.15) is 23.1 Å². The van der Waals surface area contributed by atoms with E-state index in [9.17, 15) is 26.7 Å². The SMILES string of the molecule is COC(=O)c1cnc(/N=C/CC(CC2CCC2)OCc2c(-c3c(F)cccc3F)noc2C2CC2)cc1C(F)(F)F. The fourth-order valence-electron chi connectivity index (χ4n) is 4.87. The van der Waals surface area contributed by atoms with E-state index in [1.165, 1.54) is 12.3 Å². The van der Waals surface area contributed by atoms with Crippen molar-refractivity contribution in [3.05, 3.63) is 64.5 Å². The molecular formula is C29H28F5N3O4. The van der Waals surface area contributed by atoms with Gasteiger partial charge >= 0.3 is 12.1 Å². The van der Waals surface area contributed by atoms with Crippen LogP contribution in [0.3, 0.4) is 0 Å². The molecule has 0 saturated heterocycles. The molecule has 2 aliphatic rings. The summed E-state index contributed by atoms with van der Waals surface area (Å²) in [5, 5.41) is 4.00.